The zero-order chi connectivity index (χ0) is 6.85. The zero-order valence-electron chi connectivity index (χ0n) is 5.21. The van der Waals surface area contributed by atoms with Crippen LogP contribution in [0.25, 0.3) is 0 Å². The van der Waals surface area contributed by atoms with Crippen molar-refractivity contribution in [3.63, 3.8) is 0 Å². The smallest absolute Gasteiger partial charge is 0.217 e. The molecule has 0 aromatic carbocycles. The summed E-state index contributed by atoms with van der Waals surface area (Å²) in [6, 6.07) is 0. The fraction of sp³-hybridized carbons (Fsp3) is 0.833. The van der Waals surface area contributed by atoms with Crippen molar-refractivity contribution in [2.45, 2.75) is 24.5 Å². The third-order valence-electron chi connectivity index (χ3n) is 1.84. The van der Waals surface area contributed by atoms with E-state index in [0.29, 0.717) is 17.6 Å². The average Bonchev–Trinajstić information content (AvgIpc) is 1.79. The number of primary amides is 1. The fourth-order valence-electron chi connectivity index (χ4n) is 1.05. The van der Waals surface area contributed by atoms with E-state index in [-0.39, 0.29) is 5.91 Å². The molecule has 1 aliphatic carbocycles. The Balaban J connectivity index is 2.21. The molecule has 0 aromatic heterocycles. The molecule has 1 fully saturated rings. The summed E-state index contributed by atoms with van der Waals surface area (Å²) in [6.45, 7) is 0. The van der Waals surface area contributed by atoms with E-state index in [2.05, 4.69) is 12.6 Å². The zero-order valence-corrected chi connectivity index (χ0v) is 6.10. The summed E-state index contributed by atoms with van der Waals surface area (Å²) in [4.78, 5) is 10.3. The second-order valence-electron chi connectivity index (χ2n) is 2.58. The van der Waals surface area contributed by atoms with Crippen LogP contribution in [0.3, 0.4) is 0 Å². The number of nitrogens with two attached hydrogens (primary N) is 1. The molecule has 1 aliphatic rings. The maximum Gasteiger partial charge on any atom is 0.217 e. The van der Waals surface area contributed by atoms with E-state index < -0.39 is 0 Å². The van der Waals surface area contributed by atoms with Crippen molar-refractivity contribution in [3.8, 4) is 0 Å². The first-order chi connectivity index (χ1) is 4.20. The van der Waals surface area contributed by atoms with Crippen LogP contribution in [0.1, 0.15) is 19.3 Å². The van der Waals surface area contributed by atoms with Crippen LogP contribution in [0.15, 0.2) is 0 Å². The fourth-order valence-corrected chi connectivity index (χ4v) is 1.45. The van der Waals surface area contributed by atoms with E-state index in [9.17, 15) is 4.79 Å². The van der Waals surface area contributed by atoms with Crippen molar-refractivity contribution in [2.75, 3.05) is 0 Å². The van der Waals surface area contributed by atoms with Crippen LogP contribution in [0.2, 0.25) is 0 Å². The molecule has 2 atom stereocenters. The Labute approximate surface area is 60.2 Å². The monoisotopic (exact) mass is 145 g/mol. The van der Waals surface area contributed by atoms with E-state index in [4.69, 9.17) is 5.73 Å². The van der Waals surface area contributed by atoms with Gasteiger partial charge in [0.05, 0.1) is 0 Å². The Kier molecular flexibility index (Phi) is 2.01. The van der Waals surface area contributed by atoms with Gasteiger partial charge >= 0.3 is 0 Å². The maximum absolute atomic E-state index is 10.3. The van der Waals surface area contributed by atoms with Gasteiger partial charge in [-0.3, -0.25) is 4.79 Å². The summed E-state index contributed by atoms with van der Waals surface area (Å²) in [7, 11) is 0. The lowest BCUT2D eigenvalue weighted by Crippen LogP contribution is -2.30. The predicted octanol–water partition coefficient (Wildman–Crippen LogP) is 0.570. The maximum atomic E-state index is 10.3. The summed E-state index contributed by atoms with van der Waals surface area (Å²) in [5, 5.41) is 0.428. The van der Waals surface area contributed by atoms with Crippen molar-refractivity contribution in [2.24, 2.45) is 11.7 Å². The molecule has 1 saturated carbocycles. The van der Waals surface area contributed by atoms with E-state index in [1.54, 1.807) is 0 Å². The summed E-state index contributed by atoms with van der Waals surface area (Å²) in [5.41, 5.74) is 4.99. The van der Waals surface area contributed by atoms with Gasteiger partial charge in [-0.25, -0.2) is 0 Å². The van der Waals surface area contributed by atoms with Crippen LogP contribution in [0.4, 0.5) is 0 Å². The van der Waals surface area contributed by atoms with Gasteiger partial charge in [0.15, 0.2) is 0 Å². The third kappa shape index (κ3) is 1.61. The van der Waals surface area contributed by atoms with E-state index >= 15 is 0 Å². The summed E-state index contributed by atoms with van der Waals surface area (Å²) < 4.78 is 0. The number of amides is 1. The number of thiol groups is 1. The third-order valence-corrected chi connectivity index (χ3v) is 2.52. The summed E-state index contributed by atoms with van der Waals surface area (Å²) >= 11 is 4.25. The highest BCUT2D eigenvalue weighted by Crippen LogP contribution is 2.34. The minimum atomic E-state index is -0.196. The molecule has 0 aromatic rings. The van der Waals surface area contributed by atoms with E-state index in [0.717, 1.165) is 12.8 Å². The molecule has 2 N–H and O–H groups in total. The summed E-state index contributed by atoms with van der Waals surface area (Å²) in [5.74, 6) is 0.268. The molecule has 2 nitrogen and oxygen atoms in total. The number of carbonyl (C=O) groups is 1. The van der Waals surface area contributed by atoms with Crippen LogP contribution >= 0.6 is 12.6 Å². The molecule has 0 heterocycles. The van der Waals surface area contributed by atoms with Gasteiger partial charge in [-0.15, -0.1) is 0 Å². The van der Waals surface area contributed by atoms with Crippen LogP contribution in [0, 0.1) is 5.92 Å². The SMILES string of the molecule is NC(=O)CC1CCC1S. The van der Waals surface area contributed by atoms with E-state index in [1.165, 1.54) is 0 Å². The highest BCUT2D eigenvalue weighted by Gasteiger charge is 2.28. The number of hydrogen-bond acceptors (Lipinski definition) is 2. The van der Waals surface area contributed by atoms with Gasteiger partial charge in [0.25, 0.3) is 0 Å². The van der Waals surface area contributed by atoms with Crippen LogP contribution in [-0.2, 0) is 4.79 Å². The topological polar surface area (TPSA) is 43.1 Å². The minimum absolute atomic E-state index is 0.196. The first kappa shape index (κ1) is 6.93. The van der Waals surface area contributed by atoms with Gasteiger partial charge in [0.1, 0.15) is 0 Å². The molecule has 52 valence electrons. The molecular formula is C6H11NOS. The lowest BCUT2D eigenvalue weighted by molar-refractivity contribution is -0.119. The highest BCUT2D eigenvalue weighted by molar-refractivity contribution is 7.81. The van der Waals surface area contributed by atoms with Gasteiger partial charge < -0.3 is 5.73 Å². The molecule has 1 amide bonds. The predicted molar refractivity (Wildman–Crippen MR) is 39.3 cm³/mol. The summed E-state index contributed by atoms with van der Waals surface area (Å²) in [6.07, 6.45) is 2.78. The Morgan fingerprint density at radius 1 is 1.67 bits per heavy atom. The van der Waals surface area contributed by atoms with Crippen LogP contribution in [-0.4, -0.2) is 11.2 Å². The van der Waals surface area contributed by atoms with Crippen molar-refractivity contribution >= 4 is 18.5 Å². The molecule has 0 bridgehead atoms. The van der Waals surface area contributed by atoms with Crippen molar-refractivity contribution in [1.82, 2.24) is 0 Å². The molecule has 3 heteroatoms. The Bertz CT molecular complexity index is 126. The van der Waals surface area contributed by atoms with Crippen LogP contribution < -0.4 is 5.73 Å². The largest absolute Gasteiger partial charge is 0.370 e. The molecular weight excluding hydrogens is 134 g/mol. The Morgan fingerprint density at radius 3 is 2.44 bits per heavy atom. The molecule has 0 aliphatic heterocycles. The molecule has 0 saturated heterocycles. The lowest BCUT2D eigenvalue weighted by atomic mass is 9.82. The van der Waals surface area contributed by atoms with E-state index in [1.807, 2.05) is 0 Å². The first-order valence-electron chi connectivity index (χ1n) is 3.16. The minimum Gasteiger partial charge on any atom is -0.370 e. The van der Waals surface area contributed by atoms with Crippen molar-refractivity contribution in [1.29, 1.82) is 0 Å². The Hall–Kier alpha value is -0.180. The molecule has 9 heavy (non-hydrogen) atoms. The number of hydrogen-bond donors (Lipinski definition) is 2. The Morgan fingerprint density at radius 2 is 2.33 bits per heavy atom. The first-order valence-corrected chi connectivity index (χ1v) is 3.68. The highest BCUT2D eigenvalue weighted by atomic mass is 32.1. The second-order valence-corrected chi connectivity index (χ2v) is 3.24. The lowest BCUT2D eigenvalue weighted by Gasteiger charge is -2.31. The molecule has 2 unspecified atom stereocenters. The van der Waals surface area contributed by atoms with Gasteiger partial charge in [-0.05, 0) is 18.8 Å². The van der Waals surface area contributed by atoms with Gasteiger partial charge in [0.2, 0.25) is 5.91 Å². The molecule has 1 rings (SSSR count). The number of rotatable bonds is 2. The van der Waals surface area contributed by atoms with Gasteiger partial charge in [-0.1, -0.05) is 0 Å². The second kappa shape index (κ2) is 2.60. The van der Waals surface area contributed by atoms with Gasteiger partial charge in [0, 0.05) is 11.7 Å². The van der Waals surface area contributed by atoms with Gasteiger partial charge in [-0.2, -0.15) is 12.6 Å². The van der Waals surface area contributed by atoms with Crippen LogP contribution in [0.5, 0.6) is 0 Å². The average molecular weight is 145 g/mol. The molecule has 0 radical (unpaired) electrons. The quantitative estimate of drug-likeness (QED) is 0.548. The number of carbonyl (C=O) groups excluding carboxylic acids is 1. The standard InChI is InChI=1S/C6H11NOS/c7-6(8)3-4-1-2-5(4)9/h4-5,9H,1-3H2,(H2,7,8). The van der Waals surface area contributed by atoms with Crippen molar-refractivity contribution < 1.29 is 4.79 Å². The van der Waals surface area contributed by atoms with Crippen molar-refractivity contribution in [3.05, 3.63) is 0 Å². The normalized spacial score (nSPS) is 33.4. The molecule has 0 spiro atoms.